The average Bonchev–Trinajstić information content (AvgIpc) is 2.30. The lowest BCUT2D eigenvalue weighted by Gasteiger charge is -2.42. The van der Waals surface area contributed by atoms with Crippen LogP contribution in [0.3, 0.4) is 0 Å². The predicted octanol–water partition coefficient (Wildman–Crippen LogP) is 1.11. The number of hydrogen-bond donors (Lipinski definition) is 1. The average molecular weight is 205 g/mol. The van der Waals surface area contributed by atoms with Crippen molar-refractivity contribution in [1.29, 1.82) is 0 Å². The van der Waals surface area contributed by atoms with E-state index >= 15 is 0 Å². The molecule has 2 heterocycles. The number of morpholine rings is 1. The molecule has 2 aliphatic heterocycles. The summed E-state index contributed by atoms with van der Waals surface area (Å²) in [6.07, 6.45) is -0.337. The lowest BCUT2D eigenvalue weighted by atomic mass is 9.90. The molecule has 2 atom stereocenters. The smallest absolute Gasteiger partial charge is 0.0920 e. The molecule has 1 saturated heterocycles. The molecular formula is C12H15NO2. The minimum absolute atomic E-state index is 0.337. The molecule has 0 amide bonds. The number of fused-ring (bicyclic) bond motifs is 3. The van der Waals surface area contributed by atoms with Gasteiger partial charge in [0, 0.05) is 13.1 Å². The summed E-state index contributed by atoms with van der Waals surface area (Å²) in [7, 11) is 0. The Bertz CT molecular complexity index is 366. The van der Waals surface area contributed by atoms with E-state index < -0.39 is 0 Å². The van der Waals surface area contributed by atoms with E-state index in [4.69, 9.17) is 4.74 Å². The molecule has 15 heavy (non-hydrogen) atoms. The summed E-state index contributed by atoms with van der Waals surface area (Å²) in [4.78, 5) is 2.32. The first-order valence-electron chi connectivity index (χ1n) is 5.45. The van der Waals surface area contributed by atoms with Crippen LogP contribution in [-0.4, -0.2) is 36.3 Å². The minimum Gasteiger partial charge on any atom is -0.387 e. The quantitative estimate of drug-likeness (QED) is 0.688. The molecule has 0 aliphatic carbocycles. The summed E-state index contributed by atoms with van der Waals surface area (Å²) in [6.45, 7) is 3.20. The summed E-state index contributed by atoms with van der Waals surface area (Å²) in [5.74, 6) is 0. The molecule has 2 unspecified atom stereocenters. The van der Waals surface area contributed by atoms with Crippen LogP contribution >= 0.6 is 0 Å². The van der Waals surface area contributed by atoms with Gasteiger partial charge in [-0.05, 0) is 11.1 Å². The first kappa shape index (κ1) is 9.33. The highest BCUT2D eigenvalue weighted by atomic mass is 16.5. The van der Waals surface area contributed by atoms with E-state index in [1.54, 1.807) is 0 Å². The van der Waals surface area contributed by atoms with Gasteiger partial charge in [-0.1, -0.05) is 24.3 Å². The largest absolute Gasteiger partial charge is 0.387 e. The second-order valence-electron chi connectivity index (χ2n) is 4.23. The number of hydrogen-bond acceptors (Lipinski definition) is 3. The topological polar surface area (TPSA) is 32.7 Å². The van der Waals surface area contributed by atoms with Gasteiger partial charge in [0.2, 0.25) is 0 Å². The van der Waals surface area contributed by atoms with Gasteiger partial charge in [0.15, 0.2) is 0 Å². The first-order valence-corrected chi connectivity index (χ1v) is 5.45. The van der Waals surface area contributed by atoms with Crippen molar-refractivity contribution < 1.29 is 9.84 Å². The van der Waals surface area contributed by atoms with Gasteiger partial charge in [0.1, 0.15) is 0 Å². The molecule has 3 rings (SSSR count). The Kier molecular flexibility index (Phi) is 2.24. The molecule has 1 aromatic rings. The van der Waals surface area contributed by atoms with Gasteiger partial charge in [-0.2, -0.15) is 0 Å². The molecule has 0 spiro atoms. The van der Waals surface area contributed by atoms with Gasteiger partial charge in [-0.25, -0.2) is 0 Å². The second-order valence-corrected chi connectivity index (χ2v) is 4.23. The summed E-state index contributed by atoms with van der Waals surface area (Å²) < 4.78 is 5.51. The molecule has 1 aromatic carbocycles. The molecular weight excluding hydrogens is 190 g/mol. The monoisotopic (exact) mass is 205 g/mol. The molecule has 1 fully saturated rings. The van der Waals surface area contributed by atoms with Crippen LogP contribution in [0.2, 0.25) is 0 Å². The van der Waals surface area contributed by atoms with Crippen molar-refractivity contribution >= 4 is 0 Å². The van der Waals surface area contributed by atoms with Crippen molar-refractivity contribution in [3.8, 4) is 0 Å². The number of rotatable bonds is 0. The van der Waals surface area contributed by atoms with E-state index in [0.717, 1.165) is 31.9 Å². The molecule has 80 valence electrons. The summed E-state index contributed by atoms with van der Waals surface area (Å²) in [6, 6.07) is 8.49. The van der Waals surface area contributed by atoms with E-state index in [2.05, 4.69) is 11.0 Å². The molecule has 0 saturated carbocycles. The first-order chi connectivity index (χ1) is 7.36. The Morgan fingerprint density at radius 3 is 2.93 bits per heavy atom. The third kappa shape index (κ3) is 1.47. The molecule has 2 aliphatic rings. The summed E-state index contributed by atoms with van der Waals surface area (Å²) in [5, 5.41) is 10.0. The van der Waals surface area contributed by atoms with E-state index in [-0.39, 0.29) is 6.10 Å². The number of aliphatic hydroxyl groups is 1. The Balaban J connectivity index is 2.03. The highest BCUT2D eigenvalue weighted by Gasteiger charge is 2.33. The van der Waals surface area contributed by atoms with E-state index in [1.165, 1.54) is 5.56 Å². The van der Waals surface area contributed by atoms with Crippen molar-refractivity contribution in [2.45, 2.75) is 12.1 Å². The zero-order valence-electron chi connectivity index (χ0n) is 8.60. The summed E-state index contributed by atoms with van der Waals surface area (Å²) in [5.41, 5.74) is 2.31. The minimum atomic E-state index is -0.337. The van der Waals surface area contributed by atoms with Crippen molar-refractivity contribution in [3.63, 3.8) is 0 Å². The highest BCUT2D eigenvalue weighted by molar-refractivity contribution is 5.34. The van der Waals surface area contributed by atoms with Crippen LogP contribution in [0, 0.1) is 0 Å². The van der Waals surface area contributed by atoms with Crippen LogP contribution in [0.25, 0.3) is 0 Å². The van der Waals surface area contributed by atoms with Gasteiger partial charge in [-0.3, -0.25) is 4.90 Å². The van der Waals surface area contributed by atoms with Crippen molar-refractivity contribution in [1.82, 2.24) is 4.90 Å². The Morgan fingerprint density at radius 2 is 2.07 bits per heavy atom. The van der Waals surface area contributed by atoms with Crippen LogP contribution in [0.1, 0.15) is 23.3 Å². The standard InChI is InChI=1S/C12H15NO2/c14-12-7-13-5-6-15-8-11(13)9-3-1-2-4-10(9)12/h1-4,11-12,14H,5-8H2. The molecule has 3 heteroatoms. The Morgan fingerprint density at radius 1 is 1.27 bits per heavy atom. The zero-order valence-corrected chi connectivity index (χ0v) is 8.60. The fourth-order valence-electron chi connectivity index (χ4n) is 2.58. The van der Waals surface area contributed by atoms with Crippen LogP contribution < -0.4 is 0 Å². The zero-order chi connectivity index (χ0) is 10.3. The fraction of sp³-hybridized carbons (Fsp3) is 0.500. The van der Waals surface area contributed by atoms with Gasteiger partial charge in [0.25, 0.3) is 0 Å². The Hall–Kier alpha value is -0.900. The molecule has 0 aromatic heterocycles. The van der Waals surface area contributed by atoms with Crippen molar-refractivity contribution in [2.24, 2.45) is 0 Å². The van der Waals surface area contributed by atoms with Crippen molar-refractivity contribution in [2.75, 3.05) is 26.3 Å². The maximum Gasteiger partial charge on any atom is 0.0920 e. The SMILES string of the molecule is OC1CN2CCOCC2c2ccccc21. The van der Waals surface area contributed by atoms with Gasteiger partial charge < -0.3 is 9.84 Å². The molecule has 0 bridgehead atoms. The van der Waals surface area contributed by atoms with Crippen molar-refractivity contribution in [3.05, 3.63) is 35.4 Å². The van der Waals surface area contributed by atoms with Gasteiger partial charge in [0.05, 0.1) is 25.4 Å². The molecule has 0 radical (unpaired) electrons. The maximum absolute atomic E-state index is 10.0. The fourth-order valence-corrected chi connectivity index (χ4v) is 2.58. The van der Waals surface area contributed by atoms with Crippen LogP contribution in [0.4, 0.5) is 0 Å². The lowest BCUT2D eigenvalue weighted by Crippen LogP contribution is -2.45. The van der Waals surface area contributed by atoms with E-state index in [9.17, 15) is 5.11 Å². The van der Waals surface area contributed by atoms with E-state index in [0.29, 0.717) is 6.04 Å². The number of aliphatic hydroxyl groups excluding tert-OH is 1. The summed E-state index contributed by atoms with van der Waals surface area (Å²) >= 11 is 0. The third-order valence-corrected chi connectivity index (χ3v) is 3.36. The number of benzene rings is 1. The van der Waals surface area contributed by atoms with E-state index in [1.807, 2.05) is 18.2 Å². The number of nitrogens with zero attached hydrogens (tertiary/aromatic N) is 1. The highest BCUT2D eigenvalue weighted by Crippen LogP contribution is 2.35. The third-order valence-electron chi connectivity index (χ3n) is 3.36. The normalized spacial score (nSPS) is 30.7. The van der Waals surface area contributed by atoms with Crippen LogP contribution in [0.15, 0.2) is 24.3 Å². The molecule has 1 N–H and O–H groups in total. The van der Waals surface area contributed by atoms with Gasteiger partial charge in [-0.15, -0.1) is 0 Å². The second kappa shape index (κ2) is 3.59. The number of ether oxygens (including phenoxy) is 1. The maximum atomic E-state index is 10.0. The lowest BCUT2D eigenvalue weighted by molar-refractivity contribution is -0.0390. The van der Waals surface area contributed by atoms with Gasteiger partial charge >= 0.3 is 0 Å². The van der Waals surface area contributed by atoms with Crippen LogP contribution in [-0.2, 0) is 4.74 Å². The Labute approximate surface area is 89.3 Å². The predicted molar refractivity (Wildman–Crippen MR) is 56.5 cm³/mol. The van der Waals surface area contributed by atoms with Crippen LogP contribution in [0.5, 0.6) is 0 Å². The molecule has 3 nitrogen and oxygen atoms in total.